The van der Waals surface area contributed by atoms with Crippen LogP contribution in [0.1, 0.15) is 30.4 Å². The van der Waals surface area contributed by atoms with Gasteiger partial charge < -0.3 is 10.2 Å². The van der Waals surface area contributed by atoms with Gasteiger partial charge in [-0.25, -0.2) is 0 Å². The van der Waals surface area contributed by atoms with Crippen molar-refractivity contribution in [2.45, 2.75) is 25.4 Å². The normalized spacial score (nSPS) is 25.5. The third kappa shape index (κ3) is 3.37. The molecule has 6 heteroatoms. The second kappa shape index (κ2) is 6.15. The van der Waals surface area contributed by atoms with Crippen molar-refractivity contribution < 1.29 is 18.0 Å². The van der Waals surface area contributed by atoms with E-state index in [0.29, 0.717) is 11.8 Å². The summed E-state index contributed by atoms with van der Waals surface area (Å²) >= 11 is 0. The lowest BCUT2D eigenvalue weighted by Gasteiger charge is -2.22. The van der Waals surface area contributed by atoms with E-state index in [1.165, 1.54) is 12.1 Å². The number of alkyl halides is 3. The van der Waals surface area contributed by atoms with Gasteiger partial charge in [0.15, 0.2) is 0 Å². The molecule has 126 valence electrons. The van der Waals surface area contributed by atoms with Crippen molar-refractivity contribution in [3.8, 4) is 0 Å². The van der Waals surface area contributed by atoms with Crippen LogP contribution in [0, 0.1) is 11.8 Å². The predicted octanol–water partition coefficient (Wildman–Crippen LogP) is 2.88. The quantitative estimate of drug-likeness (QED) is 0.926. The number of nitrogens with one attached hydrogen (secondary N) is 1. The summed E-state index contributed by atoms with van der Waals surface area (Å²) in [4.78, 5) is 14.3. The zero-order chi connectivity index (χ0) is 16.6. The molecule has 2 aliphatic rings. The van der Waals surface area contributed by atoms with E-state index < -0.39 is 17.7 Å². The van der Waals surface area contributed by atoms with Crippen molar-refractivity contribution in [3.63, 3.8) is 0 Å². The van der Waals surface area contributed by atoms with Gasteiger partial charge in [0.2, 0.25) is 5.91 Å². The van der Waals surface area contributed by atoms with Crippen LogP contribution in [0.3, 0.4) is 0 Å². The van der Waals surface area contributed by atoms with Gasteiger partial charge in [-0.2, -0.15) is 13.2 Å². The predicted molar refractivity (Wildman–Crippen MR) is 80.9 cm³/mol. The summed E-state index contributed by atoms with van der Waals surface area (Å²) in [6.45, 7) is 5.01. The molecule has 1 aromatic rings. The number of benzene rings is 1. The van der Waals surface area contributed by atoms with Crippen LogP contribution in [0.5, 0.6) is 0 Å². The first-order valence-electron chi connectivity index (χ1n) is 8.01. The number of rotatable bonds is 3. The Morgan fingerprint density at radius 2 is 1.87 bits per heavy atom. The number of carbonyl (C=O) groups is 1. The van der Waals surface area contributed by atoms with Crippen molar-refractivity contribution in [1.29, 1.82) is 0 Å². The van der Waals surface area contributed by atoms with E-state index in [2.05, 4.69) is 5.32 Å². The maximum absolute atomic E-state index is 13.1. The fourth-order valence-corrected chi connectivity index (χ4v) is 3.74. The maximum Gasteiger partial charge on any atom is 0.416 e. The van der Waals surface area contributed by atoms with Gasteiger partial charge in [0.05, 0.1) is 5.56 Å². The van der Waals surface area contributed by atoms with Crippen molar-refractivity contribution in [2.75, 3.05) is 26.2 Å². The SMILES string of the molecule is CC(CC(=O)N1C[C@H]2CNC[C@H]2C1)c1ccccc1C(F)(F)F. The van der Waals surface area contributed by atoms with Gasteiger partial charge in [-0.05, 0) is 29.4 Å². The highest BCUT2D eigenvalue weighted by Crippen LogP contribution is 2.36. The number of nitrogens with zero attached hydrogens (tertiary/aromatic N) is 1. The number of carbonyl (C=O) groups excluding carboxylic acids is 1. The number of amides is 1. The van der Waals surface area contributed by atoms with Gasteiger partial charge in [-0.1, -0.05) is 25.1 Å². The van der Waals surface area contributed by atoms with E-state index in [0.717, 1.165) is 32.2 Å². The molecular formula is C17H21F3N2O. The van der Waals surface area contributed by atoms with E-state index >= 15 is 0 Å². The molecule has 0 radical (unpaired) electrons. The smallest absolute Gasteiger partial charge is 0.342 e. The zero-order valence-corrected chi connectivity index (χ0v) is 13.1. The Bertz CT molecular complexity index is 575. The molecule has 3 nitrogen and oxygen atoms in total. The van der Waals surface area contributed by atoms with Crippen molar-refractivity contribution in [3.05, 3.63) is 35.4 Å². The Labute approximate surface area is 133 Å². The Hall–Kier alpha value is -1.56. The summed E-state index contributed by atoms with van der Waals surface area (Å²) in [7, 11) is 0. The second-order valence-electron chi connectivity index (χ2n) is 6.67. The molecule has 0 saturated carbocycles. The molecule has 0 bridgehead atoms. The lowest BCUT2D eigenvalue weighted by molar-refractivity contribution is -0.139. The molecule has 0 spiro atoms. The largest absolute Gasteiger partial charge is 0.416 e. The number of hydrogen-bond acceptors (Lipinski definition) is 2. The van der Waals surface area contributed by atoms with Crippen LogP contribution in [0.25, 0.3) is 0 Å². The van der Waals surface area contributed by atoms with Gasteiger partial charge in [-0.3, -0.25) is 4.79 Å². The molecule has 2 aliphatic heterocycles. The van der Waals surface area contributed by atoms with Gasteiger partial charge in [-0.15, -0.1) is 0 Å². The zero-order valence-electron chi connectivity index (χ0n) is 13.1. The summed E-state index contributed by atoms with van der Waals surface area (Å²) in [5.41, 5.74) is -0.433. The number of fused-ring (bicyclic) bond motifs is 1. The summed E-state index contributed by atoms with van der Waals surface area (Å²) in [6.07, 6.45) is -4.26. The third-order valence-electron chi connectivity index (χ3n) is 5.02. The highest BCUT2D eigenvalue weighted by atomic mass is 19.4. The molecule has 2 fully saturated rings. The van der Waals surface area contributed by atoms with E-state index in [-0.39, 0.29) is 17.9 Å². The monoisotopic (exact) mass is 326 g/mol. The van der Waals surface area contributed by atoms with E-state index in [1.54, 1.807) is 13.0 Å². The first kappa shape index (κ1) is 16.3. The molecule has 1 N–H and O–H groups in total. The summed E-state index contributed by atoms with van der Waals surface area (Å²) in [5, 5.41) is 3.31. The minimum atomic E-state index is -4.38. The molecule has 3 rings (SSSR count). The van der Waals surface area contributed by atoms with Gasteiger partial charge in [0, 0.05) is 32.6 Å². The molecule has 0 aromatic heterocycles. The summed E-state index contributed by atoms with van der Waals surface area (Å²) < 4.78 is 39.3. The topological polar surface area (TPSA) is 32.3 Å². The highest BCUT2D eigenvalue weighted by molar-refractivity contribution is 5.77. The Kier molecular flexibility index (Phi) is 4.36. The third-order valence-corrected chi connectivity index (χ3v) is 5.02. The Balaban J connectivity index is 1.68. The standard InChI is InChI=1S/C17H21F3N2O/c1-11(14-4-2-3-5-15(14)17(18,19)20)6-16(23)22-9-12-7-21-8-13(12)10-22/h2-5,11-13,21H,6-10H2,1H3/t11?,12-,13+. The Morgan fingerprint density at radius 1 is 1.26 bits per heavy atom. The lowest BCUT2D eigenvalue weighted by atomic mass is 9.92. The van der Waals surface area contributed by atoms with Crippen molar-refractivity contribution in [2.24, 2.45) is 11.8 Å². The van der Waals surface area contributed by atoms with Crippen LogP contribution in [-0.4, -0.2) is 37.0 Å². The Morgan fingerprint density at radius 3 is 2.48 bits per heavy atom. The fraction of sp³-hybridized carbons (Fsp3) is 0.588. The molecule has 2 heterocycles. The minimum Gasteiger partial charge on any atom is -0.342 e. The number of halogens is 3. The molecule has 3 atom stereocenters. The molecule has 0 aliphatic carbocycles. The average molecular weight is 326 g/mol. The number of likely N-dealkylation sites (tertiary alicyclic amines) is 1. The maximum atomic E-state index is 13.1. The van der Waals surface area contributed by atoms with E-state index in [9.17, 15) is 18.0 Å². The highest BCUT2D eigenvalue weighted by Gasteiger charge is 2.39. The fourth-order valence-electron chi connectivity index (χ4n) is 3.74. The van der Waals surface area contributed by atoms with Crippen molar-refractivity contribution >= 4 is 5.91 Å². The van der Waals surface area contributed by atoms with E-state index in [1.807, 2.05) is 4.90 Å². The van der Waals surface area contributed by atoms with Gasteiger partial charge in [0.25, 0.3) is 0 Å². The summed E-state index contributed by atoms with van der Waals surface area (Å²) in [5.74, 6) is 0.510. The van der Waals surface area contributed by atoms with Crippen LogP contribution in [-0.2, 0) is 11.0 Å². The molecule has 2 saturated heterocycles. The lowest BCUT2D eigenvalue weighted by Crippen LogP contribution is -2.32. The van der Waals surface area contributed by atoms with Crippen LogP contribution in [0.4, 0.5) is 13.2 Å². The van der Waals surface area contributed by atoms with Crippen LogP contribution >= 0.6 is 0 Å². The molecular weight excluding hydrogens is 305 g/mol. The van der Waals surface area contributed by atoms with E-state index in [4.69, 9.17) is 0 Å². The second-order valence-corrected chi connectivity index (χ2v) is 6.67. The number of hydrogen-bond donors (Lipinski definition) is 1. The molecule has 1 amide bonds. The van der Waals surface area contributed by atoms with Crippen LogP contribution in [0.2, 0.25) is 0 Å². The van der Waals surface area contributed by atoms with Gasteiger partial charge >= 0.3 is 6.18 Å². The first-order chi connectivity index (χ1) is 10.9. The molecule has 1 aromatic carbocycles. The minimum absolute atomic E-state index is 0.0381. The first-order valence-corrected chi connectivity index (χ1v) is 8.01. The molecule has 1 unspecified atom stereocenters. The van der Waals surface area contributed by atoms with Crippen LogP contribution in [0.15, 0.2) is 24.3 Å². The summed E-state index contributed by atoms with van der Waals surface area (Å²) in [6, 6.07) is 5.54. The van der Waals surface area contributed by atoms with Gasteiger partial charge in [0.1, 0.15) is 0 Å². The average Bonchev–Trinajstić information content (AvgIpc) is 3.07. The van der Waals surface area contributed by atoms with Crippen molar-refractivity contribution in [1.82, 2.24) is 10.2 Å². The molecule has 23 heavy (non-hydrogen) atoms. The van der Waals surface area contributed by atoms with Crippen LogP contribution < -0.4 is 5.32 Å².